The second-order valence-corrected chi connectivity index (χ2v) is 7.09. The summed E-state index contributed by atoms with van der Waals surface area (Å²) in [6.45, 7) is 9.86. The third-order valence-corrected chi connectivity index (χ3v) is 3.98. The van der Waals surface area contributed by atoms with E-state index >= 15 is 0 Å². The Morgan fingerprint density at radius 3 is 2.44 bits per heavy atom. The maximum Gasteiger partial charge on any atom is 0.136 e. The first-order chi connectivity index (χ1) is 7.21. The maximum absolute atomic E-state index is 11.9. The molecule has 16 heavy (non-hydrogen) atoms. The predicted octanol–water partition coefficient (Wildman–Crippen LogP) is 1.84. The molecular formula is C11H21N3OS. The number of aryl methyl sites for hydroxylation is 2. The van der Waals surface area contributed by atoms with Crippen LogP contribution in [-0.4, -0.2) is 19.1 Å². The molecule has 0 radical (unpaired) electrons. The summed E-state index contributed by atoms with van der Waals surface area (Å²) in [7, 11) is 1.89. The summed E-state index contributed by atoms with van der Waals surface area (Å²) >= 11 is -1.07. The van der Waals surface area contributed by atoms with E-state index in [2.05, 4.69) is 9.82 Å². The van der Waals surface area contributed by atoms with E-state index in [9.17, 15) is 4.55 Å². The molecule has 0 spiro atoms. The van der Waals surface area contributed by atoms with Gasteiger partial charge in [0.1, 0.15) is 4.75 Å². The minimum absolute atomic E-state index is 0.00117. The standard InChI is InChI=1S/C11H21N3OS/c1-8-7-14(6)12-10(8)9(2)13-16(15)11(3,4)5/h7,9,13H,1-6H3/t9-,16+/m0/s1. The molecule has 0 aliphatic heterocycles. The first kappa shape index (κ1) is 13.5. The summed E-state index contributed by atoms with van der Waals surface area (Å²) in [5.41, 5.74) is 2.08. The summed E-state index contributed by atoms with van der Waals surface area (Å²) in [5, 5.41) is 4.36. The molecule has 0 unspecified atom stereocenters. The third kappa shape index (κ3) is 3.23. The Morgan fingerprint density at radius 1 is 1.50 bits per heavy atom. The van der Waals surface area contributed by atoms with Crippen LogP contribution in [0, 0.1) is 6.92 Å². The van der Waals surface area contributed by atoms with E-state index in [0.717, 1.165) is 11.3 Å². The van der Waals surface area contributed by atoms with Crippen molar-refractivity contribution in [2.24, 2.45) is 7.05 Å². The van der Waals surface area contributed by atoms with E-state index in [1.54, 1.807) is 4.68 Å². The smallest absolute Gasteiger partial charge is 0.136 e. The Labute approximate surface area is 101 Å². The number of aromatic nitrogens is 2. The van der Waals surface area contributed by atoms with Gasteiger partial charge in [-0.1, -0.05) is 0 Å². The second-order valence-electron chi connectivity index (χ2n) is 5.09. The molecule has 4 nitrogen and oxygen atoms in total. The molecule has 0 aliphatic carbocycles. The summed E-state index contributed by atoms with van der Waals surface area (Å²) in [4.78, 5) is 0. The predicted molar refractivity (Wildman–Crippen MR) is 67.4 cm³/mol. The highest BCUT2D eigenvalue weighted by molar-refractivity contribution is 7.90. The Balaban J connectivity index is 2.73. The van der Waals surface area contributed by atoms with E-state index in [1.165, 1.54) is 0 Å². The van der Waals surface area contributed by atoms with Gasteiger partial charge in [0.15, 0.2) is 0 Å². The Bertz CT molecular complexity index is 357. The fourth-order valence-electron chi connectivity index (χ4n) is 1.45. The molecule has 1 aromatic rings. The van der Waals surface area contributed by atoms with Crippen molar-refractivity contribution in [2.45, 2.75) is 45.4 Å². The van der Waals surface area contributed by atoms with Gasteiger partial charge in [-0.25, -0.2) is 0 Å². The van der Waals surface area contributed by atoms with Crippen molar-refractivity contribution in [3.8, 4) is 0 Å². The van der Waals surface area contributed by atoms with Crippen LogP contribution in [0.3, 0.4) is 0 Å². The second kappa shape index (κ2) is 4.77. The molecule has 0 amide bonds. The number of hydrogen-bond acceptors (Lipinski definition) is 3. The van der Waals surface area contributed by atoms with Crippen LogP contribution < -0.4 is 4.72 Å². The van der Waals surface area contributed by atoms with Crippen LogP contribution in [0.1, 0.15) is 45.0 Å². The molecule has 0 fully saturated rings. The molecular weight excluding hydrogens is 222 g/mol. The van der Waals surface area contributed by atoms with Gasteiger partial charge in [-0.05, 0) is 40.2 Å². The molecule has 0 bridgehead atoms. The average molecular weight is 243 g/mol. The highest BCUT2D eigenvalue weighted by atomic mass is 32.2. The number of nitrogens with zero attached hydrogens (tertiary/aromatic N) is 2. The van der Waals surface area contributed by atoms with Crippen molar-refractivity contribution in [1.82, 2.24) is 14.5 Å². The average Bonchev–Trinajstić information content (AvgIpc) is 2.43. The highest BCUT2D eigenvalue weighted by Crippen LogP contribution is 2.20. The van der Waals surface area contributed by atoms with Crippen molar-refractivity contribution in [1.29, 1.82) is 0 Å². The van der Waals surface area contributed by atoms with Gasteiger partial charge < -0.3 is 4.55 Å². The van der Waals surface area contributed by atoms with Crippen molar-refractivity contribution >= 4 is 11.4 Å². The Hall–Kier alpha value is -0.520. The van der Waals surface area contributed by atoms with E-state index in [1.807, 2.05) is 47.9 Å². The van der Waals surface area contributed by atoms with Gasteiger partial charge in [0.25, 0.3) is 0 Å². The van der Waals surface area contributed by atoms with Crippen LogP contribution in [-0.2, 0) is 18.4 Å². The Kier molecular flexibility index (Phi) is 4.04. The zero-order valence-electron chi connectivity index (χ0n) is 10.9. The molecule has 1 heterocycles. The van der Waals surface area contributed by atoms with Gasteiger partial charge >= 0.3 is 0 Å². The van der Waals surface area contributed by atoms with Gasteiger partial charge in [0.2, 0.25) is 0 Å². The van der Waals surface area contributed by atoms with Crippen molar-refractivity contribution < 1.29 is 4.55 Å². The lowest BCUT2D eigenvalue weighted by atomic mass is 10.2. The Morgan fingerprint density at radius 2 is 2.06 bits per heavy atom. The lowest BCUT2D eigenvalue weighted by molar-refractivity contribution is 0.527. The molecule has 1 rings (SSSR count). The van der Waals surface area contributed by atoms with Crippen molar-refractivity contribution in [3.05, 3.63) is 17.5 Å². The van der Waals surface area contributed by atoms with Gasteiger partial charge in [0.05, 0.1) is 11.7 Å². The minimum atomic E-state index is -1.07. The van der Waals surface area contributed by atoms with Crippen LogP contribution >= 0.6 is 0 Å². The van der Waals surface area contributed by atoms with Gasteiger partial charge in [-0.3, -0.25) is 4.68 Å². The van der Waals surface area contributed by atoms with E-state index in [-0.39, 0.29) is 10.8 Å². The largest absolute Gasteiger partial charge is 0.598 e. The lowest BCUT2D eigenvalue weighted by Crippen LogP contribution is -2.40. The van der Waals surface area contributed by atoms with Crippen LogP contribution in [0.5, 0.6) is 0 Å². The van der Waals surface area contributed by atoms with E-state index in [4.69, 9.17) is 0 Å². The van der Waals surface area contributed by atoms with Crippen LogP contribution in [0.25, 0.3) is 0 Å². The topological polar surface area (TPSA) is 52.9 Å². The van der Waals surface area contributed by atoms with E-state index in [0.29, 0.717) is 0 Å². The zero-order chi connectivity index (χ0) is 12.5. The molecule has 1 N–H and O–H groups in total. The van der Waals surface area contributed by atoms with Gasteiger partial charge in [-0.15, -0.1) is 4.72 Å². The van der Waals surface area contributed by atoms with Crippen LogP contribution in [0.4, 0.5) is 0 Å². The van der Waals surface area contributed by atoms with Gasteiger partial charge in [0, 0.05) is 24.6 Å². The molecule has 0 saturated carbocycles. The van der Waals surface area contributed by atoms with Crippen LogP contribution in [0.2, 0.25) is 0 Å². The van der Waals surface area contributed by atoms with Crippen LogP contribution in [0.15, 0.2) is 6.20 Å². The number of nitrogens with one attached hydrogen (secondary N) is 1. The quantitative estimate of drug-likeness (QED) is 0.824. The first-order valence-corrected chi connectivity index (χ1v) is 6.55. The molecule has 92 valence electrons. The fraction of sp³-hybridized carbons (Fsp3) is 0.727. The number of hydrogen-bond donors (Lipinski definition) is 1. The van der Waals surface area contributed by atoms with Gasteiger partial charge in [-0.2, -0.15) is 5.10 Å². The number of rotatable bonds is 3. The molecule has 2 atom stereocenters. The van der Waals surface area contributed by atoms with Crippen molar-refractivity contribution in [3.63, 3.8) is 0 Å². The maximum atomic E-state index is 11.9. The minimum Gasteiger partial charge on any atom is -0.598 e. The summed E-state index contributed by atoms with van der Waals surface area (Å²) in [6.07, 6.45) is 1.97. The highest BCUT2D eigenvalue weighted by Gasteiger charge is 2.29. The lowest BCUT2D eigenvalue weighted by Gasteiger charge is -2.26. The normalized spacial score (nSPS) is 16.2. The summed E-state index contributed by atoms with van der Waals surface area (Å²) in [6, 6.07) is 0.00117. The molecule has 5 heteroatoms. The molecule has 0 aliphatic rings. The zero-order valence-corrected chi connectivity index (χ0v) is 11.7. The SMILES string of the molecule is Cc1cn(C)nc1[C@H](C)N[S@+]([O-])C(C)(C)C. The van der Waals surface area contributed by atoms with E-state index < -0.39 is 11.4 Å². The summed E-state index contributed by atoms with van der Waals surface area (Å²) in [5.74, 6) is 0. The molecule has 1 aromatic heterocycles. The third-order valence-electron chi connectivity index (χ3n) is 2.30. The molecule has 0 saturated heterocycles. The summed E-state index contributed by atoms with van der Waals surface area (Å²) < 4.78 is 16.5. The first-order valence-electron chi connectivity index (χ1n) is 5.40. The van der Waals surface area contributed by atoms with Crippen molar-refractivity contribution in [2.75, 3.05) is 0 Å². The fourth-order valence-corrected chi connectivity index (χ4v) is 2.23. The monoisotopic (exact) mass is 243 g/mol. The molecule has 0 aromatic carbocycles.